The Hall–Kier alpha value is -2.94. The molecule has 162 valence electrons. The second kappa shape index (κ2) is 7.39. The van der Waals surface area contributed by atoms with Gasteiger partial charge in [0, 0.05) is 13.6 Å². The third-order valence-corrected chi connectivity index (χ3v) is 6.54. The Morgan fingerprint density at radius 3 is 2.23 bits per heavy atom. The summed E-state index contributed by atoms with van der Waals surface area (Å²) in [6.45, 7) is 6.94. The van der Waals surface area contributed by atoms with Crippen LogP contribution in [-0.2, 0) is 19.8 Å². The molecule has 30 heavy (non-hydrogen) atoms. The lowest BCUT2D eigenvalue weighted by atomic mass is 9.81. The van der Waals surface area contributed by atoms with E-state index < -0.39 is 34.8 Å². The van der Waals surface area contributed by atoms with E-state index in [0.29, 0.717) is 6.42 Å². The Morgan fingerprint density at radius 1 is 1.13 bits per heavy atom. The number of benzene rings is 1. The zero-order valence-corrected chi connectivity index (χ0v) is 17.9. The van der Waals surface area contributed by atoms with Crippen LogP contribution in [0.3, 0.4) is 0 Å². The normalized spacial score (nSPS) is 24.6. The van der Waals surface area contributed by atoms with Crippen LogP contribution in [0.4, 0.5) is 4.79 Å². The molecule has 0 aliphatic carbocycles. The zero-order valence-electron chi connectivity index (χ0n) is 17.9. The van der Waals surface area contributed by atoms with Crippen LogP contribution in [0.5, 0.6) is 0 Å². The Labute approximate surface area is 175 Å². The first-order chi connectivity index (χ1) is 13.9. The van der Waals surface area contributed by atoms with E-state index in [0.717, 1.165) is 16.0 Å². The Bertz CT molecular complexity index is 897. The fourth-order valence-electron chi connectivity index (χ4n) is 4.07. The number of hydrogen-bond donors (Lipinski definition) is 2. The van der Waals surface area contributed by atoms with E-state index >= 15 is 0 Å². The van der Waals surface area contributed by atoms with Crippen LogP contribution in [0.1, 0.15) is 38.3 Å². The Morgan fingerprint density at radius 2 is 1.73 bits per heavy atom. The van der Waals surface area contributed by atoms with E-state index in [1.165, 1.54) is 16.8 Å². The molecule has 0 spiro atoms. The molecular formula is C21H28N4O5. The molecule has 1 aromatic rings. The molecule has 2 heterocycles. The van der Waals surface area contributed by atoms with E-state index in [-0.39, 0.29) is 19.0 Å². The lowest BCUT2D eigenvalue weighted by molar-refractivity contribution is -0.145. The highest BCUT2D eigenvalue weighted by Gasteiger charge is 2.53. The number of urea groups is 1. The molecule has 2 unspecified atom stereocenters. The van der Waals surface area contributed by atoms with Gasteiger partial charge >= 0.3 is 6.03 Å². The van der Waals surface area contributed by atoms with Gasteiger partial charge in [-0.1, -0.05) is 29.8 Å². The van der Waals surface area contributed by atoms with Gasteiger partial charge in [-0.25, -0.2) is 10.3 Å². The molecule has 1 aromatic carbocycles. The molecule has 2 aliphatic heterocycles. The van der Waals surface area contributed by atoms with Crippen LogP contribution in [0.25, 0.3) is 0 Å². The molecular weight excluding hydrogens is 388 g/mol. The molecule has 2 atom stereocenters. The quantitative estimate of drug-likeness (QED) is 0.423. The molecule has 9 nitrogen and oxygen atoms in total. The molecule has 9 heteroatoms. The predicted octanol–water partition coefficient (Wildman–Crippen LogP) is 1.03. The first-order valence-corrected chi connectivity index (χ1v) is 9.87. The highest BCUT2D eigenvalue weighted by atomic mass is 16.5. The SMILES string of the molecule is Cc1ccc(C2(C)CCN(C(CN3C(=O)N(C)C(C)(C)C3=O)C(=O)NO)C2=O)cc1. The Kier molecular flexibility index (Phi) is 5.36. The summed E-state index contributed by atoms with van der Waals surface area (Å²) in [4.78, 5) is 54.8. The van der Waals surface area contributed by atoms with Gasteiger partial charge in [-0.3, -0.25) is 24.5 Å². The summed E-state index contributed by atoms with van der Waals surface area (Å²) in [5.74, 6) is -1.59. The topological polar surface area (TPSA) is 110 Å². The van der Waals surface area contributed by atoms with Crippen molar-refractivity contribution >= 4 is 23.8 Å². The summed E-state index contributed by atoms with van der Waals surface area (Å²) in [5, 5.41) is 9.25. The van der Waals surface area contributed by atoms with Crippen LogP contribution in [0.15, 0.2) is 24.3 Å². The van der Waals surface area contributed by atoms with E-state index in [1.54, 1.807) is 19.3 Å². The number of hydroxylamine groups is 1. The highest BCUT2D eigenvalue weighted by molar-refractivity contribution is 6.07. The minimum atomic E-state index is -1.19. The number of nitrogens with one attached hydrogen (secondary N) is 1. The lowest BCUT2D eigenvalue weighted by Gasteiger charge is -2.31. The third kappa shape index (κ3) is 3.23. The van der Waals surface area contributed by atoms with Crippen molar-refractivity contribution in [1.82, 2.24) is 20.2 Å². The second-order valence-corrected chi connectivity index (χ2v) is 8.75. The lowest BCUT2D eigenvalue weighted by Crippen LogP contribution is -2.55. The first-order valence-electron chi connectivity index (χ1n) is 9.87. The Balaban J connectivity index is 1.89. The van der Waals surface area contributed by atoms with E-state index in [4.69, 9.17) is 0 Å². The minimum absolute atomic E-state index is 0.261. The smallest absolute Gasteiger partial charge is 0.327 e. The molecule has 2 fully saturated rings. The van der Waals surface area contributed by atoms with Crippen molar-refractivity contribution in [3.63, 3.8) is 0 Å². The van der Waals surface area contributed by atoms with Crippen molar-refractivity contribution in [3.8, 4) is 0 Å². The number of imide groups is 1. The van der Waals surface area contributed by atoms with E-state index in [1.807, 2.05) is 38.1 Å². The molecule has 2 saturated heterocycles. The van der Waals surface area contributed by atoms with Gasteiger partial charge in [-0.05, 0) is 39.7 Å². The van der Waals surface area contributed by atoms with Crippen LogP contribution in [0, 0.1) is 6.92 Å². The van der Waals surface area contributed by atoms with Crippen molar-refractivity contribution < 1.29 is 24.4 Å². The molecule has 3 rings (SSSR count). The van der Waals surface area contributed by atoms with Gasteiger partial charge < -0.3 is 9.80 Å². The van der Waals surface area contributed by atoms with E-state index in [2.05, 4.69) is 0 Å². The maximum Gasteiger partial charge on any atom is 0.327 e. The van der Waals surface area contributed by atoms with Gasteiger partial charge in [0.05, 0.1) is 12.0 Å². The summed E-state index contributed by atoms with van der Waals surface area (Å²) in [5.41, 5.74) is 1.59. The number of likely N-dealkylation sites (N-methyl/N-ethyl adjacent to an activating group) is 1. The van der Waals surface area contributed by atoms with Crippen LogP contribution < -0.4 is 5.48 Å². The van der Waals surface area contributed by atoms with Gasteiger partial charge in [0.15, 0.2) is 0 Å². The van der Waals surface area contributed by atoms with Gasteiger partial charge in [0.2, 0.25) is 5.91 Å². The van der Waals surface area contributed by atoms with Crippen molar-refractivity contribution in [3.05, 3.63) is 35.4 Å². The van der Waals surface area contributed by atoms with Gasteiger partial charge in [0.1, 0.15) is 11.6 Å². The van der Waals surface area contributed by atoms with Gasteiger partial charge in [-0.2, -0.15) is 0 Å². The number of likely N-dealkylation sites (tertiary alicyclic amines) is 1. The fraction of sp³-hybridized carbons (Fsp3) is 0.524. The third-order valence-electron chi connectivity index (χ3n) is 6.54. The van der Waals surface area contributed by atoms with Crippen molar-refractivity contribution in [2.75, 3.05) is 20.1 Å². The average Bonchev–Trinajstić information content (AvgIpc) is 3.09. The first kappa shape index (κ1) is 21.8. The van der Waals surface area contributed by atoms with Gasteiger partial charge in [-0.15, -0.1) is 0 Å². The molecule has 0 saturated carbocycles. The fourth-order valence-corrected chi connectivity index (χ4v) is 4.07. The van der Waals surface area contributed by atoms with Crippen molar-refractivity contribution in [2.45, 2.75) is 51.1 Å². The molecule has 5 amide bonds. The van der Waals surface area contributed by atoms with E-state index in [9.17, 15) is 24.4 Å². The number of nitrogens with zero attached hydrogens (tertiary/aromatic N) is 3. The highest BCUT2D eigenvalue weighted by Crippen LogP contribution is 2.37. The summed E-state index contributed by atoms with van der Waals surface area (Å²) in [6.07, 6.45) is 0.470. The molecule has 2 aliphatic rings. The summed E-state index contributed by atoms with van der Waals surface area (Å²) < 4.78 is 0. The minimum Gasteiger partial charge on any atom is -0.328 e. The largest absolute Gasteiger partial charge is 0.328 e. The number of carbonyl (C=O) groups excluding carboxylic acids is 4. The average molecular weight is 416 g/mol. The van der Waals surface area contributed by atoms with Gasteiger partial charge in [0.25, 0.3) is 11.8 Å². The van der Waals surface area contributed by atoms with Crippen LogP contribution >= 0.6 is 0 Å². The maximum atomic E-state index is 13.4. The molecule has 2 N–H and O–H groups in total. The van der Waals surface area contributed by atoms with Crippen molar-refractivity contribution in [1.29, 1.82) is 0 Å². The molecule has 0 aromatic heterocycles. The van der Waals surface area contributed by atoms with Crippen LogP contribution in [0.2, 0.25) is 0 Å². The van der Waals surface area contributed by atoms with Crippen LogP contribution in [-0.4, -0.2) is 75.4 Å². The monoisotopic (exact) mass is 416 g/mol. The standard InChI is InChI=1S/C21H28N4O5/c1-13-6-8-14(9-7-13)21(4)10-11-24(18(21)28)15(16(26)22-30)12-25-17(27)20(2,3)23(5)19(25)29/h6-9,15,30H,10-12H2,1-5H3,(H,22,26). The number of rotatable bonds is 5. The number of hydrogen-bond acceptors (Lipinski definition) is 5. The summed E-state index contributed by atoms with van der Waals surface area (Å²) in [7, 11) is 1.51. The summed E-state index contributed by atoms with van der Waals surface area (Å²) >= 11 is 0. The number of amides is 5. The molecule has 0 bridgehead atoms. The number of aryl methyl sites for hydroxylation is 1. The second-order valence-electron chi connectivity index (χ2n) is 8.75. The zero-order chi connectivity index (χ0) is 22.4. The maximum absolute atomic E-state index is 13.4. The number of carbonyl (C=O) groups is 4. The predicted molar refractivity (Wildman–Crippen MR) is 108 cm³/mol. The molecule has 0 radical (unpaired) electrons. The van der Waals surface area contributed by atoms with Crippen molar-refractivity contribution in [2.24, 2.45) is 0 Å². The summed E-state index contributed by atoms with van der Waals surface area (Å²) in [6, 6.07) is 5.90.